The van der Waals surface area contributed by atoms with Gasteiger partial charge in [0.25, 0.3) is 5.91 Å². The van der Waals surface area contributed by atoms with E-state index in [1.807, 2.05) is 54.3 Å². The predicted molar refractivity (Wildman–Crippen MR) is 114 cm³/mol. The van der Waals surface area contributed by atoms with Gasteiger partial charge in [-0.15, -0.1) is 0 Å². The number of hydrogen-bond donors (Lipinski definition) is 1. The predicted octanol–water partition coefficient (Wildman–Crippen LogP) is 4.02. The molecule has 1 atom stereocenters. The Morgan fingerprint density at radius 2 is 1.87 bits per heavy atom. The number of benzene rings is 2. The maximum Gasteiger partial charge on any atom is 0.347 e. The van der Waals surface area contributed by atoms with Crippen molar-refractivity contribution in [3.63, 3.8) is 0 Å². The molecule has 160 valence electrons. The Labute approximate surface area is 177 Å². The quantitative estimate of drug-likeness (QED) is 0.745. The van der Waals surface area contributed by atoms with Crippen LogP contribution < -0.4 is 9.47 Å². The summed E-state index contributed by atoms with van der Waals surface area (Å²) in [6.07, 6.45) is 1.88. The minimum atomic E-state index is -1.31. The zero-order chi connectivity index (χ0) is 21.7. The SMILES string of the molecule is Cc1cccc(OCC(=O)N2CCCC(c3cccc(OC(C)(C)C(=O)O)c3)C2)c1. The van der Waals surface area contributed by atoms with E-state index in [9.17, 15) is 14.7 Å². The fourth-order valence-corrected chi connectivity index (χ4v) is 3.59. The number of piperidine rings is 1. The highest BCUT2D eigenvalue weighted by Crippen LogP contribution is 2.30. The van der Waals surface area contributed by atoms with E-state index in [0.29, 0.717) is 18.0 Å². The Kier molecular flexibility index (Phi) is 6.65. The number of amides is 1. The van der Waals surface area contributed by atoms with Crippen molar-refractivity contribution in [2.45, 2.75) is 45.1 Å². The van der Waals surface area contributed by atoms with Crippen molar-refractivity contribution in [3.05, 3.63) is 59.7 Å². The first-order chi connectivity index (χ1) is 14.2. The summed E-state index contributed by atoms with van der Waals surface area (Å²) in [6, 6.07) is 15.2. The lowest BCUT2D eigenvalue weighted by molar-refractivity contribution is -0.152. The molecule has 0 spiro atoms. The fraction of sp³-hybridized carbons (Fsp3) is 0.417. The van der Waals surface area contributed by atoms with Crippen LogP contribution in [-0.2, 0) is 9.59 Å². The fourth-order valence-electron chi connectivity index (χ4n) is 3.59. The molecule has 30 heavy (non-hydrogen) atoms. The molecule has 6 heteroatoms. The first-order valence-corrected chi connectivity index (χ1v) is 10.2. The molecule has 2 aromatic carbocycles. The number of carboxylic acid groups (broad SMARTS) is 1. The zero-order valence-electron chi connectivity index (χ0n) is 17.8. The number of nitrogens with zero attached hydrogens (tertiary/aromatic N) is 1. The van der Waals surface area contributed by atoms with Crippen molar-refractivity contribution in [1.29, 1.82) is 0 Å². The highest BCUT2D eigenvalue weighted by atomic mass is 16.5. The van der Waals surface area contributed by atoms with Crippen molar-refractivity contribution in [2.75, 3.05) is 19.7 Å². The molecule has 6 nitrogen and oxygen atoms in total. The summed E-state index contributed by atoms with van der Waals surface area (Å²) in [5, 5.41) is 9.28. The van der Waals surface area contributed by atoms with Crippen molar-refractivity contribution in [3.8, 4) is 11.5 Å². The largest absolute Gasteiger partial charge is 0.484 e. The molecule has 1 amide bonds. The standard InChI is InChI=1S/C24H29NO5/c1-17-7-4-10-20(13-17)29-16-22(26)25-12-6-9-19(15-25)18-8-5-11-21(14-18)30-24(2,3)23(27)28/h4-5,7-8,10-11,13-14,19H,6,9,12,15-16H2,1-3H3,(H,27,28). The molecule has 1 heterocycles. The van der Waals surface area contributed by atoms with Gasteiger partial charge in [-0.1, -0.05) is 24.3 Å². The van der Waals surface area contributed by atoms with Gasteiger partial charge < -0.3 is 19.5 Å². The number of carboxylic acids is 1. The highest BCUT2D eigenvalue weighted by molar-refractivity contribution is 5.78. The minimum absolute atomic E-state index is 0.0200. The molecular formula is C24H29NO5. The third kappa shape index (κ3) is 5.53. The summed E-state index contributed by atoms with van der Waals surface area (Å²) in [5.41, 5.74) is 0.831. The maximum absolute atomic E-state index is 12.7. The van der Waals surface area contributed by atoms with Gasteiger partial charge in [-0.2, -0.15) is 0 Å². The van der Waals surface area contributed by atoms with Crippen LogP contribution in [-0.4, -0.2) is 47.2 Å². The smallest absolute Gasteiger partial charge is 0.347 e. The molecule has 0 aliphatic carbocycles. The molecule has 3 rings (SSSR count). The summed E-state index contributed by atoms with van der Waals surface area (Å²) in [5.74, 6) is 0.351. The summed E-state index contributed by atoms with van der Waals surface area (Å²) >= 11 is 0. The minimum Gasteiger partial charge on any atom is -0.484 e. The molecular weight excluding hydrogens is 382 g/mol. The van der Waals surface area contributed by atoms with Crippen LogP contribution in [0.1, 0.15) is 43.7 Å². The summed E-state index contributed by atoms with van der Waals surface area (Å²) in [7, 11) is 0. The molecule has 1 unspecified atom stereocenters. The number of carbonyl (C=O) groups excluding carboxylic acids is 1. The number of ether oxygens (including phenoxy) is 2. The van der Waals surface area contributed by atoms with Gasteiger partial charge in [-0.3, -0.25) is 4.79 Å². The Bertz CT molecular complexity index is 908. The molecule has 1 aliphatic heterocycles. The number of likely N-dealkylation sites (tertiary alicyclic amines) is 1. The van der Waals surface area contributed by atoms with Crippen LogP contribution in [0.3, 0.4) is 0 Å². The van der Waals surface area contributed by atoms with Gasteiger partial charge in [0.05, 0.1) is 0 Å². The summed E-state index contributed by atoms with van der Waals surface area (Å²) < 4.78 is 11.3. The van der Waals surface area contributed by atoms with E-state index in [4.69, 9.17) is 9.47 Å². The van der Waals surface area contributed by atoms with E-state index < -0.39 is 11.6 Å². The second-order valence-electron chi connectivity index (χ2n) is 8.27. The molecule has 0 bridgehead atoms. The van der Waals surface area contributed by atoms with E-state index >= 15 is 0 Å². The van der Waals surface area contributed by atoms with Crippen LogP contribution in [0.5, 0.6) is 11.5 Å². The van der Waals surface area contributed by atoms with Crippen LogP contribution in [0, 0.1) is 6.92 Å². The maximum atomic E-state index is 12.7. The molecule has 0 aromatic heterocycles. The normalized spacial score (nSPS) is 16.8. The number of aliphatic carboxylic acids is 1. The molecule has 2 aromatic rings. The average molecular weight is 411 g/mol. The summed E-state index contributed by atoms with van der Waals surface area (Å²) in [6.45, 7) is 6.39. The monoisotopic (exact) mass is 411 g/mol. The Hall–Kier alpha value is -3.02. The second-order valence-corrected chi connectivity index (χ2v) is 8.27. The average Bonchev–Trinajstić information content (AvgIpc) is 2.72. The lowest BCUT2D eigenvalue weighted by atomic mass is 9.90. The van der Waals surface area contributed by atoms with Gasteiger partial charge in [0.1, 0.15) is 11.5 Å². The Morgan fingerprint density at radius 1 is 1.13 bits per heavy atom. The van der Waals surface area contributed by atoms with Crippen molar-refractivity contribution in [1.82, 2.24) is 4.90 Å². The number of aryl methyl sites for hydroxylation is 1. The molecule has 1 saturated heterocycles. The molecule has 1 N–H and O–H groups in total. The van der Waals surface area contributed by atoms with Crippen LogP contribution in [0.2, 0.25) is 0 Å². The third-order valence-electron chi connectivity index (χ3n) is 5.34. The van der Waals surface area contributed by atoms with Gasteiger partial charge in [-0.05, 0) is 69.0 Å². The van der Waals surface area contributed by atoms with Gasteiger partial charge in [0, 0.05) is 19.0 Å². The van der Waals surface area contributed by atoms with Crippen LogP contribution >= 0.6 is 0 Å². The Balaban J connectivity index is 1.62. The van der Waals surface area contributed by atoms with Crippen LogP contribution in [0.15, 0.2) is 48.5 Å². The van der Waals surface area contributed by atoms with Crippen LogP contribution in [0.25, 0.3) is 0 Å². The van der Waals surface area contributed by atoms with E-state index in [1.165, 1.54) is 13.8 Å². The van der Waals surface area contributed by atoms with E-state index in [-0.39, 0.29) is 18.4 Å². The van der Waals surface area contributed by atoms with Crippen LogP contribution in [0.4, 0.5) is 0 Å². The molecule has 1 fully saturated rings. The Morgan fingerprint density at radius 3 is 2.60 bits per heavy atom. The van der Waals surface area contributed by atoms with Crippen molar-refractivity contribution < 1.29 is 24.2 Å². The first-order valence-electron chi connectivity index (χ1n) is 10.2. The van der Waals surface area contributed by atoms with E-state index in [1.54, 1.807) is 6.07 Å². The van der Waals surface area contributed by atoms with E-state index in [0.717, 1.165) is 30.5 Å². The topological polar surface area (TPSA) is 76.1 Å². The highest BCUT2D eigenvalue weighted by Gasteiger charge is 2.30. The first kappa shape index (κ1) is 21.7. The van der Waals surface area contributed by atoms with Gasteiger partial charge in [0.2, 0.25) is 0 Å². The molecule has 0 saturated carbocycles. The van der Waals surface area contributed by atoms with Crippen molar-refractivity contribution in [2.24, 2.45) is 0 Å². The van der Waals surface area contributed by atoms with E-state index in [2.05, 4.69) is 0 Å². The summed E-state index contributed by atoms with van der Waals surface area (Å²) in [4.78, 5) is 25.9. The molecule has 1 aliphatic rings. The van der Waals surface area contributed by atoms with Crippen molar-refractivity contribution >= 4 is 11.9 Å². The zero-order valence-corrected chi connectivity index (χ0v) is 17.8. The number of hydrogen-bond acceptors (Lipinski definition) is 4. The van der Waals surface area contributed by atoms with Gasteiger partial charge >= 0.3 is 5.97 Å². The third-order valence-corrected chi connectivity index (χ3v) is 5.34. The number of rotatable bonds is 7. The second kappa shape index (κ2) is 9.20. The molecule has 0 radical (unpaired) electrons. The van der Waals surface area contributed by atoms with Gasteiger partial charge in [-0.25, -0.2) is 4.79 Å². The lowest BCUT2D eigenvalue weighted by Gasteiger charge is -2.33. The van der Waals surface area contributed by atoms with Gasteiger partial charge in [0.15, 0.2) is 12.2 Å². The lowest BCUT2D eigenvalue weighted by Crippen LogP contribution is -2.41. The number of carbonyl (C=O) groups is 2.